The van der Waals surface area contributed by atoms with Crippen LogP contribution in [0.25, 0.3) is 122 Å². The molecule has 0 unspecified atom stereocenters. The number of fused-ring (bicyclic) bond motifs is 3. The highest BCUT2D eigenvalue weighted by molar-refractivity contribution is 6.21. The summed E-state index contributed by atoms with van der Waals surface area (Å²) in [7, 11) is 0. The Morgan fingerprint density at radius 1 is 0.212 bits per heavy atom. The van der Waals surface area contributed by atoms with E-state index in [2.05, 4.69) is 261 Å². The lowest BCUT2D eigenvalue weighted by Gasteiger charge is -2.24. The lowest BCUT2D eigenvalue weighted by Crippen LogP contribution is -1.98. The molecule has 0 saturated heterocycles. The van der Waals surface area contributed by atoms with Gasteiger partial charge in [0.05, 0.1) is 11.2 Å². The van der Waals surface area contributed by atoms with Crippen LogP contribution in [-0.4, -0.2) is 4.98 Å². The standard InChI is InChI=1S/C65H43N/c1-5-21-44(22-6-1)57-43-58(63(47-26-9-3-10-27-47)64(48-28-11-4-12-29-48)62(57)46-24-7-2-8-25-46)51-32-19-30-49(41-51)50-31-20-33-52(42-50)61-53-34-14-16-36-55(53)65(56-37-17-15-35-54(56)61)60-40-39-45-23-13-18-38-59(45)66-60/h1-43H. The van der Waals surface area contributed by atoms with Gasteiger partial charge in [-0.1, -0.05) is 231 Å². The first-order chi connectivity index (χ1) is 32.8. The number of benzene rings is 11. The minimum atomic E-state index is 0.982. The van der Waals surface area contributed by atoms with Crippen molar-refractivity contribution in [2.45, 2.75) is 0 Å². The van der Waals surface area contributed by atoms with Gasteiger partial charge in [-0.25, -0.2) is 4.98 Å². The molecule has 0 spiro atoms. The van der Waals surface area contributed by atoms with Gasteiger partial charge in [0.2, 0.25) is 0 Å². The van der Waals surface area contributed by atoms with Crippen LogP contribution in [0.2, 0.25) is 0 Å². The van der Waals surface area contributed by atoms with Gasteiger partial charge in [-0.05, 0) is 130 Å². The molecule has 0 aliphatic rings. The van der Waals surface area contributed by atoms with Gasteiger partial charge < -0.3 is 0 Å². The van der Waals surface area contributed by atoms with E-state index in [0.717, 1.165) is 38.9 Å². The van der Waals surface area contributed by atoms with Gasteiger partial charge in [-0.15, -0.1) is 0 Å². The lowest BCUT2D eigenvalue weighted by molar-refractivity contribution is 1.42. The van der Waals surface area contributed by atoms with Crippen LogP contribution in [0.4, 0.5) is 0 Å². The highest BCUT2D eigenvalue weighted by Gasteiger charge is 2.24. The Hall–Kier alpha value is -8.65. The lowest BCUT2D eigenvalue weighted by atomic mass is 9.78. The summed E-state index contributed by atoms with van der Waals surface area (Å²) < 4.78 is 0. The Morgan fingerprint density at radius 2 is 0.606 bits per heavy atom. The third kappa shape index (κ3) is 6.95. The Kier molecular flexibility index (Phi) is 9.93. The first kappa shape index (κ1) is 39.0. The normalized spacial score (nSPS) is 11.3. The molecule has 12 rings (SSSR count). The Bertz CT molecular complexity index is 3670. The maximum Gasteiger partial charge on any atom is 0.0722 e. The molecular weight excluding hydrogens is 795 g/mol. The van der Waals surface area contributed by atoms with Crippen LogP contribution < -0.4 is 0 Å². The zero-order valence-corrected chi connectivity index (χ0v) is 36.3. The van der Waals surface area contributed by atoms with E-state index < -0.39 is 0 Å². The highest BCUT2D eigenvalue weighted by atomic mass is 14.7. The topological polar surface area (TPSA) is 12.9 Å². The second-order valence-electron chi connectivity index (χ2n) is 17.0. The average molecular weight is 838 g/mol. The molecule has 11 aromatic carbocycles. The van der Waals surface area contributed by atoms with E-state index in [1.807, 2.05) is 0 Å². The number of nitrogens with zero attached hydrogens (tertiary/aromatic N) is 1. The zero-order valence-electron chi connectivity index (χ0n) is 36.3. The predicted octanol–water partition coefficient (Wildman–Crippen LogP) is 17.9. The summed E-state index contributed by atoms with van der Waals surface area (Å²) in [4.78, 5) is 5.23. The van der Waals surface area contributed by atoms with Crippen LogP contribution in [0.15, 0.2) is 261 Å². The largest absolute Gasteiger partial charge is 0.248 e. The molecule has 12 aromatic rings. The number of hydrogen-bond acceptors (Lipinski definition) is 1. The van der Waals surface area contributed by atoms with Gasteiger partial charge in [-0.3, -0.25) is 0 Å². The van der Waals surface area contributed by atoms with Gasteiger partial charge in [0, 0.05) is 10.9 Å². The second-order valence-corrected chi connectivity index (χ2v) is 17.0. The van der Waals surface area contributed by atoms with Crippen molar-refractivity contribution in [3.8, 4) is 89.1 Å². The monoisotopic (exact) mass is 837 g/mol. The Labute approximate surface area is 385 Å². The van der Waals surface area contributed by atoms with Crippen molar-refractivity contribution < 1.29 is 0 Å². The van der Waals surface area contributed by atoms with Crippen LogP contribution in [0.3, 0.4) is 0 Å². The highest BCUT2D eigenvalue weighted by Crippen LogP contribution is 2.51. The molecule has 0 aliphatic carbocycles. The number of pyridine rings is 1. The first-order valence-electron chi connectivity index (χ1n) is 22.7. The van der Waals surface area contributed by atoms with Crippen molar-refractivity contribution >= 4 is 32.4 Å². The fourth-order valence-electron chi connectivity index (χ4n) is 10.1. The summed E-state index contributed by atoms with van der Waals surface area (Å²) >= 11 is 0. The molecule has 1 nitrogen and oxygen atoms in total. The quantitative estimate of drug-likeness (QED) is 0.139. The van der Waals surface area contributed by atoms with Crippen molar-refractivity contribution in [1.82, 2.24) is 4.98 Å². The smallest absolute Gasteiger partial charge is 0.0722 e. The summed E-state index contributed by atoms with van der Waals surface area (Å²) in [5.41, 5.74) is 19.8. The minimum absolute atomic E-state index is 0.982. The van der Waals surface area contributed by atoms with Crippen LogP contribution in [0.1, 0.15) is 0 Å². The minimum Gasteiger partial charge on any atom is -0.248 e. The maximum atomic E-state index is 5.23. The van der Waals surface area contributed by atoms with E-state index in [9.17, 15) is 0 Å². The molecule has 0 aliphatic heterocycles. The third-order valence-electron chi connectivity index (χ3n) is 13.0. The fraction of sp³-hybridized carbons (Fsp3) is 0. The molecule has 308 valence electrons. The summed E-state index contributed by atoms with van der Waals surface area (Å²) in [6.45, 7) is 0. The van der Waals surface area contributed by atoms with Gasteiger partial charge in [0.15, 0.2) is 0 Å². The van der Waals surface area contributed by atoms with Crippen molar-refractivity contribution in [2.24, 2.45) is 0 Å². The molecule has 0 radical (unpaired) electrons. The van der Waals surface area contributed by atoms with E-state index in [4.69, 9.17) is 4.98 Å². The van der Waals surface area contributed by atoms with Crippen LogP contribution in [0.5, 0.6) is 0 Å². The van der Waals surface area contributed by atoms with Gasteiger partial charge in [-0.2, -0.15) is 0 Å². The van der Waals surface area contributed by atoms with Gasteiger partial charge >= 0.3 is 0 Å². The zero-order chi connectivity index (χ0) is 43.8. The molecular formula is C65H43N. The molecule has 0 amide bonds. The summed E-state index contributed by atoms with van der Waals surface area (Å²) in [6, 6.07) is 94.7. The van der Waals surface area contributed by atoms with E-state index in [1.165, 1.54) is 82.7 Å². The van der Waals surface area contributed by atoms with E-state index in [1.54, 1.807) is 0 Å². The van der Waals surface area contributed by atoms with Crippen molar-refractivity contribution in [2.75, 3.05) is 0 Å². The average Bonchev–Trinajstić information content (AvgIpc) is 3.40. The fourth-order valence-corrected chi connectivity index (χ4v) is 10.1. The van der Waals surface area contributed by atoms with Crippen molar-refractivity contribution in [3.05, 3.63) is 261 Å². The molecule has 66 heavy (non-hydrogen) atoms. The summed E-state index contributed by atoms with van der Waals surface area (Å²) in [6.07, 6.45) is 0. The molecule has 1 heterocycles. The third-order valence-corrected chi connectivity index (χ3v) is 13.0. The van der Waals surface area contributed by atoms with Crippen LogP contribution in [-0.2, 0) is 0 Å². The SMILES string of the molecule is c1ccc(-c2cc(-c3cccc(-c4cccc(-c5c6ccccc6c(-c6ccc7ccccc7n6)c6ccccc56)c4)c3)c(-c3ccccc3)c(-c3ccccc3)c2-c2ccccc2)cc1. The molecule has 0 bridgehead atoms. The number of hydrogen-bond donors (Lipinski definition) is 0. The number of rotatable bonds is 8. The molecule has 0 fully saturated rings. The van der Waals surface area contributed by atoms with Crippen LogP contribution in [0, 0.1) is 0 Å². The van der Waals surface area contributed by atoms with E-state index in [-0.39, 0.29) is 0 Å². The van der Waals surface area contributed by atoms with Crippen molar-refractivity contribution in [3.63, 3.8) is 0 Å². The van der Waals surface area contributed by atoms with Crippen LogP contribution >= 0.6 is 0 Å². The summed E-state index contributed by atoms with van der Waals surface area (Å²) in [5, 5.41) is 5.94. The molecule has 0 N–H and O–H groups in total. The molecule has 0 atom stereocenters. The first-order valence-corrected chi connectivity index (χ1v) is 22.7. The van der Waals surface area contributed by atoms with Gasteiger partial charge in [0.1, 0.15) is 0 Å². The number of aromatic nitrogens is 1. The second kappa shape index (κ2) is 16.8. The van der Waals surface area contributed by atoms with E-state index in [0.29, 0.717) is 0 Å². The predicted molar refractivity (Wildman–Crippen MR) is 280 cm³/mol. The molecule has 1 aromatic heterocycles. The van der Waals surface area contributed by atoms with Crippen molar-refractivity contribution in [1.29, 1.82) is 0 Å². The van der Waals surface area contributed by atoms with Gasteiger partial charge in [0.25, 0.3) is 0 Å². The Morgan fingerprint density at radius 3 is 1.17 bits per heavy atom. The molecule has 0 saturated carbocycles. The maximum absolute atomic E-state index is 5.23. The Balaban J connectivity index is 1.07. The summed E-state index contributed by atoms with van der Waals surface area (Å²) in [5.74, 6) is 0. The molecule has 1 heteroatoms. The number of para-hydroxylation sites is 1. The van der Waals surface area contributed by atoms with E-state index >= 15 is 0 Å².